The van der Waals surface area contributed by atoms with E-state index < -0.39 is 0 Å². The van der Waals surface area contributed by atoms with Crippen LogP contribution in [0.15, 0.2) is 49.2 Å². The zero-order valence-electron chi connectivity index (χ0n) is 14.6. The molecule has 1 fully saturated rings. The third-order valence-electron chi connectivity index (χ3n) is 4.15. The predicted molar refractivity (Wildman–Crippen MR) is 107 cm³/mol. The molecule has 0 bridgehead atoms. The Bertz CT molecular complexity index is 909. The fourth-order valence-electron chi connectivity index (χ4n) is 2.87. The minimum atomic E-state index is -0.156. The maximum atomic E-state index is 12.7. The third kappa shape index (κ3) is 4.21. The molecule has 0 aromatic carbocycles. The van der Waals surface area contributed by atoms with Gasteiger partial charge >= 0.3 is 0 Å². The third-order valence-corrected chi connectivity index (χ3v) is 5.15. The van der Waals surface area contributed by atoms with E-state index in [0.717, 1.165) is 42.6 Å². The van der Waals surface area contributed by atoms with E-state index >= 15 is 0 Å². The van der Waals surface area contributed by atoms with Gasteiger partial charge in [-0.25, -0.2) is 4.98 Å². The van der Waals surface area contributed by atoms with Crippen LogP contribution in [0.4, 0.5) is 22.2 Å². The molecular formula is C18H19N7OS. The van der Waals surface area contributed by atoms with Crippen molar-refractivity contribution in [3.63, 3.8) is 0 Å². The minimum Gasteiger partial charge on any atom is -0.367 e. The van der Waals surface area contributed by atoms with E-state index in [2.05, 4.69) is 35.8 Å². The fourth-order valence-corrected chi connectivity index (χ4v) is 3.67. The summed E-state index contributed by atoms with van der Waals surface area (Å²) in [7, 11) is 0. The van der Waals surface area contributed by atoms with Crippen molar-refractivity contribution >= 4 is 39.4 Å². The van der Waals surface area contributed by atoms with E-state index in [-0.39, 0.29) is 5.91 Å². The molecule has 1 saturated heterocycles. The molecule has 0 spiro atoms. The van der Waals surface area contributed by atoms with Gasteiger partial charge in [0, 0.05) is 44.8 Å². The lowest BCUT2D eigenvalue weighted by Gasteiger charge is -2.30. The average Bonchev–Trinajstić information content (AvgIpc) is 3.18. The summed E-state index contributed by atoms with van der Waals surface area (Å²) in [5, 5.41) is 10.3. The van der Waals surface area contributed by atoms with Gasteiger partial charge < -0.3 is 20.9 Å². The molecule has 8 nitrogen and oxygen atoms in total. The summed E-state index contributed by atoms with van der Waals surface area (Å²) >= 11 is 1.36. The summed E-state index contributed by atoms with van der Waals surface area (Å²) in [5.74, 6) is 0.483. The van der Waals surface area contributed by atoms with Crippen LogP contribution in [0.3, 0.4) is 0 Å². The molecule has 27 heavy (non-hydrogen) atoms. The van der Waals surface area contributed by atoms with Crippen LogP contribution < -0.4 is 20.9 Å². The number of hydrogen-bond donors (Lipinski definition) is 3. The van der Waals surface area contributed by atoms with Gasteiger partial charge in [-0.3, -0.25) is 14.8 Å². The lowest BCUT2D eigenvalue weighted by Crippen LogP contribution is -2.43. The van der Waals surface area contributed by atoms with Crippen molar-refractivity contribution in [1.82, 2.24) is 20.3 Å². The highest BCUT2D eigenvalue weighted by Gasteiger charge is 2.17. The van der Waals surface area contributed by atoms with Crippen LogP contribution >= 0.6 is 11.3 Å². The Morgan fingerprint density at radius 1 is 1.07 bits per heavy atom. The number of carbonyl (C=O) groups is 1. The van der Waals surface area contributed by atoms with Crippen LogP contribution in [-0.2, 0) is 0 Å². The quantitative estimate of drug-likeness (QED) is 0.624. The monoisotopic (exact) mass is 381 g/mol. The van der Waals surface area contributed by atoms with Gasteiger partial charge in [-0.05, 0) is 18.2 Å². The SMILES string of the molecule is O=C(Nc1cnccc1N1CCNCC1)c1ccc(Nc2cnccn2)s1. The molecule has 1 aliphatic heterocycles. The largest absolute Gasteiger partial charge is 0.367 e. The number of hydrogen-bond acceptors (Lipinski definition) is 8. The molecule has 4 rings (SSSR count). The number of rotatable bonds is 5. The van der Waals surface area contributed by atoms with E-state index in [4.69, 9.17) is 0 Å². The lowest BCUT2D eigenvalue weighted by molar-refractivity contribution is 0.103. The van der Waals surface area contributed by atoms with Gasteiger partial charge in [0.2, 0.25) is 0 Å². The summed E-state index contributed by atoms with van der Waals surface area (Å²) in [6, 6.07) is 5.59. The Balaban J connectivity index is 1.47. The van der Waals surface area contributed by atoms with E-state index in [1.165, 1.54) is 11.3 Å². The molecule has 4 heterocycles. The topological polar surface area (TPSA) is 95.1 Å². The van der Waals surface area contributed by atoms with Crippen LogP contribution in [0.25, 0.3) is 0 Å². The number of nitrogens with one attached hydrogen (secondary N) is 3. The maximum absolute atomic E-state index is 12.7. The number of nitrogens with zero attached hydrogens (tertiary/aromatic N) is 4. The van der Waals surface area contributed by atoms with Crippen molar-refractivity contribution in [3.05, 3.63) is 54.1 Å². The first-order chi connectivity index (χ1) is 13.3. The van der Waals surface area contributed by atoms with Crippen LogP contribution in [0, 0.1) is 0 Å². The summed E-state index contributed by atoms with van der Waals surface area (Å²) in [4.78, 5) is 27.9. The van der Waals surface area contributed by atoms with Gasteiger partial charge in [0.15, 0.2) is 0 Å². The highest BCUT2D eigenvalue weighted by Crippen LogP contribution is 2.28. The normalized spacial score (nSPS) is 14.0. The van der Waals surface area contributed by atoms with Crippen LogP contribution in [0.5, 0.6) is 0 Å². The zero-order valence-corrected chi connectivity index (χ0v) is 15.4. The molecule has 0 aliphatic carbocycles. The number of piperazine rings is 1. The summed E-state index contributed by atoms with van der Waals surface area (Å²) < 4.78 is 0. The number of amides is 1. The smallest absolute Gasteiger partial charge is 0.265 e. The van der Waals surface area contributed by atoms with Crippen LogP contribution in [0.1, 0.15) is 9.67 Å². The first kappa shape index (κ1) is 17.4. The molecule has 0 saturated carbocycles. The Morgan fingerprint density at radius 3 is 2.74 bits per heavy atom. The number of aromatic nitrogens is 3. The van der Waals surface area contributed by atoms with Crippen LogP contribution in [0.2, 0.25) is 0 Å². The second-order valence-corrected chi connectivity index (χ2v) is 7.05. The molecule has 3 N–H and O–H groups in total. The average molecular weight is 381 g/mol. The van der Waals surface area contributed by atoms with Crippen molar-refractivity contribution in [2.45, 2.75) is 0 Å². The minimum absolute atomic E-state index is 0.156. The number of thiophene rings is 1. The Hall–Kier alpha value is -3.04. The van der Waals surface area contributed by atoms with Crippen molar-refractivity contribution in [2.75, 3.05) is 41.7 Å². The highest BCUT2D eigenvalue weighted by molar-refractivity contribution is 7.18. The van der Waals surface area contributed by atoms with E-state index in [0.29, 0.717) is 10.7 Å². The molecule has 138 valence electrons. The standard InChI is InChI=1S/C18H19N7OS/c26-18(15-1-2-17(27-15)24-16-12-21-5-6-22-16)23-13-11-20-4-3-14(13)25-9-7-19-8-10-25/h1-6,11-12,19H,7-10H2,(H,22,24)(H,23,26). The molecular weight excluding hydrogens is 362 g/mol. The predicted octanol–water partition coefficient (Wildman–Crippen LogP) is 2.34. The second-order valence-electron chi connectivity index (χ2n) is 5.96. The van der Waals surface area contributed by atoms with Crippen molar-refractivity contribution in [3.8, 4) is 0 Å². The Kier molecular flexibility index (Phi) is 5.22. The summed E-state index contributed by atoms with van der Waals surface area (Å²) in [5.41, 5.74) is 1.72. The number of carbonyl (C=O) groups excluding carboxylic acids is 1. The van der Waals surface area contributed by atoms with E-state index in [1.807, 2.05) is 12.1 Å². The first-order valence-corrected chi connectivity index (χ1v) is 9.45. The van der Waals surface area contributed by atoms with Gasteiger partial charge in [0.1, 0.15) is 5.82 Å². The maximum Gasteiger partial charge on any atom is 0.265 e. The molecule has 9 heteroatoms. The number of pyridine rings is 1. The van der Waals surface area contributed by atoms with Crippen molar-refractivity contribution in [2.24, 2.45) is 0 Å². The van der Waals surface area contributed by atoms with Crippen molar-refractivity contribution < 1.29 is 4.79 Å². The molecule has 0 unspecified atom stereocenters. The molecule has 0 radical (unpaired) electrons. The Morgan fingerprint density at radius 2 is 1.93 bits per heavy atom. The highest BCUT2D eigenvalue weighted by atomic mass is 32.1. The molecule has 3 aromatic heterocycles. The van der Waals surface area contributed by atoms with Gasteiger partial charge in [0.05, 0.1) is 33.6 Å². The van der Waals surface area contributed by atoms with Crippen LogP contribution in [-0.4, -0.2) is 47.0 Å². The first-order valence-electron chi connectivity index (χ1n) is 8.63. The molecule has 1 amide bonds. The van der Waals surface area contributed by atoms with Gasteiger partial charge in [-0.2, -0.15) is 0 Å². The fraction of sp³-hybridized carbons (Fsp3) is 0.222. The lowest BCUT2D eigenvalue weighted by atomic mass is 10.2. The van der Waals surface area contributed by atoms with Gasteiger partial charge in [-0.1, -0.05) is 0 Å². The van der Waals surface area contributed by atoms with E-state index in [9.17, 15) is 4.79 Å². The zero-order chi connectivity index (χ0) is 18.5. The van der Waals surface area contributed by atoms with E-state index in [1.54, 1.807) is 37.1 Å². The molecule has 3 aromatic rings. The molecule has 0 atom stereocenters. The summed E-state index contributed by atoms with van der Waals surface area (Å²) in [6.45, 7) is 3.66. The molecule has 1 aliphatic rings. The van der Waals surface area contributed by atoms with Gasteiger partial charge in [0.25, 0.3) is 5.91 Å². The second kappa shape index (κ2) is 8.11. The summed E-state index contributed by atoms with van der Waals surface area (Å²) in [6.07, 6.45) is 8.31. The number of anilines is 4. The Labute approximate surface area is 160 Å². The van der Waals surface area contributed by atoms with Gasteiger partial charge in [-0.15, -0.1) is 11.3 Å². The van der Waals surface area contributed by atoms with Crippen molar-refractivity contribution in [1.29, 1.82) is 0 Å².